The maximum Gasteiger partial charge on any atom is 0.128 e. The normalized spacial score (nSPS) is 15.8. The summed E-state index contributed by atoms with van der Waals surface area (Å²) in [5.41, 5.74) is 8.34. The van der Waals surface area contributed by atoms with Gasteiger partial charge in [-0.2, -0.15) is 0 Å². The SMILES string of the molecule is NCCc1cccc(CN2CCN(c3ccc(Cl)cn3)CC2)c1. The van der Waals surface area contributed by atoms with Gasteiger partial charge in [0.15, 0.2) is 0 Å². The molecule has 0 amide bonds. The van der Waals surface area contributed by atoms with Crippen LogP contribution in [-0.4, -0.2) is 42.6 Å². The van der Waals surface area contributed by atoms with Crippen molar-refractivity contribution in [2.45, 2.75) is 13.0 Å². The van der Waals surface area contributed by atoms with Crippen molar-refractivity contribution in [3.63, 3.8) is 0 Å². The molecular formula is C18H23ClN4. The summed E-state index contributed by atoms with van der Waals surface area (Å²) in [5.74, 6) is 1.01. The van der Waals surface area contributed by atoms with Gasteiger partial charge in [0, 0.05) is 38.9 Å². The number of aromatic nitrogens is 1. The Kier molecular flexibility index (Phi) is 5.49. The third-order valence-corrected chi connectivity index (χ3v) is 4.46. The number of piperazine rings is 1. The molecule has 0 aliphatic carbocycles. The number of hydrogen-bond acceptors (Lipinski definition) is 4. The molecule has 1 fully saturated rings. The Labute approximate surface area is 142 Å². The van der Waals surface area contributed by atoms with E-state index in [1.165, 1.54) is 11.1 Å². The summed E-state index contributed by atoms with van der Waals surface area (Å²) in [6, 6.07) is 12.7. The molecule has 3 rings (SSSR count). The van der Waals surface area contributed by atoms with E-state index >= 15 is 0 Å². The first-order valence-electron chi connectivity index (χ1n) is 8.11. The lowest BCUT2D eigenvalue weighted by molar-refractivity contribution is 0.249. The fourth-order valence-corrected chi connectivity index (χ4v) is 3.11. The first kappa shape index (κ1) is 16.2. The Morgan fingerprint density at radius 2 is 1.83 bits per heavy atom. The standard InChI is InChI=1S/C18H23ClN4/c19-17-4-5-18(21-13-17)23-10-8-22(9-11-23)14-16-3-1-2-15(12-16)6-7-20/h1-5,12-13H,6-11,14,20H2. The van der Waals surface area contributed by atoms with Gasteiger partial charge < -0.3 is 10.6 Å². The third kappa shape index (κ3) is 4.44. The van der Waals surface area contributed by atoms with Crippen LogP contribution in [0.1, 0.15) is 11.1 Å². The maximum absolute atomic E-state index is 5.90. The molecule has 0 bridgehead atoms. The highest BCUT2D eigenvalue weighted by Crippen LogP contribution is 2.17. The number of pyridine rings is 1. The van der Waals surface area contributed by atoms with Crippen molar-refractivity contribution < 1.29 is 0 Å². The molecule has 0 radical (unpaired) electrons. The molecule has 4 nitrogen and oxygen atoms in total. The van der Waals surface area contributed by atoms with E-state index in [1.54, 1.807) is 6.20 Å². The van der Waals surface area contributed by atoms with Crippen LogP contribution in [0.4, 0.5) is 5.82 Å². The molecule has 23 heavy (non-hydrogen) atoms. The molecular weight excluding hydrogens is 308 g/mol. The van der Waals surface area contributed by atoms with Crippen LogP contribution in [0.15, 0.2) is 42.6 Å². The maximum atomic E-state index is 5.90. The van der Waals surface area contributed by atoms with Crippen LogP contribution in [0.3, 0.4) is 0 Å². The molecule has 2 aromatic rings. The van der Waals surface area contributed by atoms with Crippen LogP contribution in [0.25, 0.3) is 0 Å². The van der Waals surface area contributed by atoms with Crippen molar-refractivity contribution in [2.75, 3.05) is 37.6 Å². The molecule has 1 saturated heterocycles. The lowest BCUT2D eigenvalue weighted by Gasteiger charge is -2.35. The minimum absolute atomic E-state index is 0.685. The number of benzene rings is 1. The van der Waals surface area contributed by atoms with Gasteiger partial charge in [-0.1, -0.05) is 35.9 Å². The van der Waals surface area contributed by atoms with E-state index in [9.17, 15) is 0 Å². The van der Waals surface area contributed by atoms with Crippen molar-refractivity contribution in [3.05, 3.63) is 58.7 Å². The number of nitrogens with two attached hydrogens (primary N) is 1. The summed E-state index contributed by atoms with van der Waals surface area (Å²) in [7, 11) is 0. The average Bonchev–Trinajstić information content (AvgIpc) is 2.57. The van der Waals surface area contributed by atoms with E-state index < -0.39 is 0 Å². The Balaban J connectivity index is 1.54. The Morgan fingerprint density at radius 3 is 2.52 bits per heavy atom. The molecule has 2 heterocycles. The van der Waals surface area contributed by atoms with Gasteiger partial charge in [0.05, 0.1) is 5.02 Å². The topological polar surface area (TPSA) is 45.4 Å². The van der Waals surface area contributed by atoms with Crippen LogP contribution in [-0.2, 0) is 13.0 Å². The highest BCUT2D eigenvalue weighted by atomic mass is 35.5. The quantitative estimate of drug-likeness (QED) is 0.915. The molecule has 1 aromatic carbocycles. The van der Waals surface area contributed by atoms with E-state index in [0.717, 1.165) is 45.0 Å². The first-order valence-corrected chi connectivity index (χ1v) is 8.49. The molecule has 5 heteroatoms. The third-order valence-electron chi connectivity index (χ3n) is 4.24. The monoisotopic (exact) mass is 330 g/mol. The van der Waals surface area contributed by atoms with Gasteiger partial charge in [-0.3, -0.25) is 4.90 Å². The van der Waals surface area contributed by atoms with E-state index in [1.807, 2.05) is 12.1 Å². The summed E-state index contributed by atoms with van der Waals surface area (Å²) >= 11 is 5.90. The van der Waals surface area contributed by atoms with Crippen molar-refractivity contribution >= 4 is 17.4 Å². The minimum atomic E-state index is 0.685. The van der Waals surface area contributed by atoms with Gasteiger partial charge in [0.2, 0.25) is 0 Å². The highest BCUT2D eigenvalue weighted by molar-refractivity contribution is 6.30. The molecule has 0 saturated carbocycles. The second-order valence-electron chi connectivity index (χ2n) is 5.96. The zero-order valence-electron chi connectivity index (χ0n) is 13.3. The van der Waals surface area contributed by atoms with Crippen molar-refractivity contribution in [3.8, 4) is 0 Å². The first-order chi connectivity index (χ1) is 11.2. The lowest BCUT2D eigenvalue weighted by Crippen LogP contribution is -2.46. The van der Waals surface area contributed by atoms with E-state index in [4.69, 9.17) is 17.3 Å². The average molecular weight is 331 g/mol. The van der Waals surface area contributed by atoms with Gasteiger partial charge in [-0.25, -0.2) is 4.98 Å². The predicted molar refractivity (Wildman–Crippen MR) is 95.9 cm³/mol. The van der Waals surface area contributed by atoms with Gasteiger partial charge in [0.1, 0.15) is 5.82 Å². The van der Waals surface area contributed by atoms with Gasteiger partial charge in [0.25, 0.3) is 0 Å². The summed E-state index contributed by atoms with van der Waals surface area (Å²) in [4.78, 5) is 9.22. The summed E-state index contributed by atoms with van der Waals surface area (Å²) in [6.45, 7) is 5.79. The summed E-state index contributed by atoms with van der Waals surface area (Å²) < 4.78 is 0. The number of hydrogen-bond donors (Lipinski definition) is 1. The molecule has 2 N–H and O–H groups in total. The Hall–Kier alpha value is -1.62. The minimum Gasteiger partial charge on any atom is -0.354 e. The lowest BCUT2D eigenvalue weighted by atomic mass is 10.1. The molecule has 122 valence electrons. The van der Waals surface area contributed by atoms with Crippen LogP contribution in [0.2, 0.25) is 5.02 Å². The second-order valence-corrected chi connectivity index (χ2v) is 6.39. The number of nitrogens with zero attached hydrogens (tertiary/aromatic N) is 3. The molecule has 1 aromatic heterocycles. The van der Waals surface area contributed by atoms with E-state index in [2.05, 4.69) is 39.0 Å². The largest absolute Gasteiger partial charge is 0.354 e. The highest BCUT2D eigenvalue weighted by Gasteiger charge is 2.18. The van der Waals surface area contributed by atoms with E-state index in [-0.39, 0.29) is 0 Å². The van der Waals surface area contributed by atoms with Gasteiger partial charge in [-0.15, -0.1) is 0 Å². The number of anilines is 1. The Bertz CT molecular complexity index is 621. The number of rotatable bonds is 5. The summed E-state index contributed by atoms with van der Waals surface area (Å²) in [5, 5.41) is 0.685. The zero-order chi connectivity index (χ0) is 16.1. The Morgan fingerprint density at radius 1 is 1.04 bits per heavy atom. The molecule has 0 unspecified atom stereocenters. The molecule has 0 atom stereocenters. The van der Waals surface area contributed by atoms with E-state index in [0.29, 0.717) is 11.6 Å². The smallest absolute Gasteiger partial charge is 0.128 e. The predicted octanol–water partition coefficient (Wildman–Crippen LogP) is 2.56. The van der Waals surface area contributed by atoms with Crippen LogP contribution >= 0.6 is 11.6 Å². The van der Waals surface area contributed by atoms with Crippen molar-refractivity contribution in [1.29, 1.82) is 0 Å². The summed E-state index contributed by atoms with van der Waals surface area (Å²) in [6.07, 6.45) is 2.66. The van der Waals surface area contributed by atoms with Crippen LogP contribution in [0.5, 0.6) is 0 Å². The molecule has 0 spiro atoms. The molecule has 1 aliphatic rings. The van der Waals surface area contributed by atoms with Gasteiger partial charge >= 0.3 is 0 Å². The van der Waals surface area contributed by atoms with Crippen LogP contribution < -0.4 is 10.6 Å². The second kappa shape index (κ2) is 7.77. The van der Waals surface area contributed by atoms with Crippen LogP contribution in [0, 0.1) is 0 Å². The van der Waals surface area contributed by atoms with Gasteiger partial charge in [-0.05, 0) is 36.2 Å². The van der Waals surface area contributed by atoms with Crippen molar-refractivity contribution in [2.24, 2.45) is 5.73 Å². The van der Waals surface area contributed by atoms with Crippen molar-refractivity contribution in [1.82, 2.24) is 9.88 Å². The fraction of sp³-hybridized carbons (Fsp3) is 0.389. The number of halogens is 1. The molecule has 1 aliphatic heterocycles. The zero-order valence-corrected chi connectivity index (χ0v) is 14.0. The fourth-order valence-electron chi connectivity index (χ4n) is 3.00.